The highest BCUT2D eigenvalue weighted by Gasteiger charge is 2.29. The summed E-state index contributed by atoms with van der Waals surface area (Å²) in [4.78, 5) is 25.4. The molecule has 0 aliphatic heterocycles. The molecule has 0 amide bonds. The van der Waals surface area contributed by atoms with Crippen LogP contribution >= 0.6 is 11.6 Å². The Morgan fingerprint density at radius 1 is 1.16 bits per heavy atom. The minimum absolute atomic E-state index is 0. The highest BCUT2D eigenvalue weighted by molar-refractivity contribution is 6.30. The molecule has 160 valence electrons. The summed E-state index contributed by atoms with van der Waals surface area (Å²) in [6, 6.07) is 15.8. The molecule has 0 saturated carbocycles. The van der Waals surface area contributed by atoms with E-state index in [1.165, 1.54) is 5.56 Å². The molecular formula is C26H25BrClNO2. The standard InChI is InChI=1S/C26H25ClNO2.BrH/c1-17-6-9-24-20(12-17)7-8-22(26(24)30)14-21-10-11-28(16-25(21)18(2)29)15-19-4-3-5-23(27)13-19;/h3-6,9-13,16,22H,7-8,14-15H2,1-2H3;1H/q+1;/p-1. The van der Waals surface area contributed by atoms with E-state index in [0.717, 1.165) is 35.1 Å². The van der Waals surface area contributed by atoms with Crippen molar-refractivity contribution >= 4 is 23.2 Å². The van der Waals surface area contributed by atoms with Crippen LogP contribution < -0.4 is 21.5 Å². The number of ketones is 2. The molecule has 2 aromatic carbocycles. The van der Waals surface area contributed by atoms with Crippen LogP contribution in [-0.4, -0.2) is 11.6 Å². The molecule has 0 spiro atoms. The van der Waals surface area contributed by atoms with E-state index < -0.39 is 0 Å². The van der Waals surface area contributed by atoms with Crippen LogP contribution in [0.15, 0.2) is 60.9 Å². The van der Waals surface area contributed by atoms with Gasteiger partial charge in [0.05, 0.1) is 5.56 Å². The lowest BCUT2D eigenvalue weighted by molar-refractivity contribution is -0.688. The minimum atomic E-state index is -0.0814. The van der Waals surface area contributed by atoms with Gasteiger partial charge in [-0.25, -0.2) is 4.57 Å². The van der Waals surface area contributed by atoms with Gasteiger partial charge in [0, 0.05) is 28.1 Å². The van der Waals surface area contributed by atoms with Crippen LogP contribution in [0, 0.1) is 12.8 Å². The van der Waals surface area contributed by atoms with Crippen molar-refractivity contribution < 1.29 is 31.1 Å². The Balaban J connectivity index is 0.00000272. The zero-order valence-electron chi connectivity index (χ0n) is 17.7. The average molecular weight is 499 g/mol. The van der Waals surface area contributed by atoms with Gasteiger partial charge in [-0.05, 0) is 56.4 Å². The number of nitrogens with zero attached hydrogens (tertiary/aromatic N) is 1. The Hall–Kier alpha value is -2.30. The Labute approximate surface area is 198 Å². The second kappa shape index (κ2) is 9.88. The van der Waals surface area contributed by atoms with Crippen molar-refractivity contribution in [2.75, 3.05) is 0 Å². The molecule has 3 nitrogen and oxygen atoms in total. The van der Waals surface area contributed by atoms with Gasteiger partial charge in [0.2, 0.25) is 0 Å². The molecule has 0 bridgehead atoms. The number of aryl methyl sites for hydroxylation is 2. The third-order valence-electron chi connectivity index (χ3n) is 5.87. The highest BCUT2D eigenvalue weighted by Crippen LogP contribution is 2.29. The van der Waals surface area contributed by atoms with E-state index >= 15 is 0 Å². The molecule has 1 heterocycles. The Bertz CT molecular complexity index is 1140. The zero-order valence-corrected chi connectivity index (χ0v) is 20.0. The first-order valence-corrected chi connectivity index (χ1v) is 10.7. The third kappa shape index (κ3) is 5.31. The zero-order chi connectivity index (χ0) is 21.3. The maximum absolute atomic E-state index is 13.1. The SMILES string of the molecule is CC(=O)c1c[n+](Cc2cccc(Cl)c2)ccc1CC1CCc2cc(C)ccc2C1=O.[Br-]. The Morgan fingerprint density at radius 3 is 2.71 bits per heavy atom. The molecule has 0 saturated heterocycles. The number of pyridine rings is 1. The molecular weight excluding hydrogens is 474 g/mol. The summed E-state index contributed by atoms with van der Waals surface area (Å²) in [5.41, 5.74) is 5.87. The van der Waals surface area contributed by atoms with Gasteiger partial charge < -0.3 is 17.0 Å². The Kier molecular flexibility index (Phi) is 7.45. The number of Topliss-reactive ketones (excluding diaryl/α,β-unsaturated/α-hetero) is 2. The average Bonchev–Trinajstić information content (AvgIpc) is 2.71. The number of fused-ring (bicyclic) bond motifs is 1. The number of hydrogen-bond acceptors (Lipinski definition) is 2. The van der Waals surface area contributed by atoms with Crippen molar-refractivity contribution in [3.8, 4) is 0 Å². The van der Waals surface area contributed by atoms with Gasteiger partial charge in [0.1, 0.15) is 0 Å². The van der Waals surface area contributed by atoms with E-state index in [4.69, 9.17) is 11.6 Å². The van der Waals surface area contributed by atoms with Gasteiger partial charge >= 0.3 is 0 Å². The van der Waals surface area contributed by atoms with Gasteiger partial charge in [-0.2, -0.15) is 0 Å². The summed E-state index contributed by atoms with van der Waals surface area (Å²) < 4.78 is 1.99. The predicted molar refractivity (Wildman–Crippen MR) is 118 cm³/mol. The lowest BCUT2D eigenvalue weighted by atomic mass is 9.79. The fourth-order valence-corrected chi connectivity index (χ4v) is 4.53. The van der Waals surface area contributed by atoms with Gasteiger partial charge in [0.15, 0.2) is 30.5 Å². The van der Waals surface area contributed by atoms with Crippen molar-refractivity contribution in [3.63, 3.8) is 0 Å². The van der Waals surface area contributed by atoms with E-state index in [1.807, 2.05) is 59.4 Å². The van der Waals surface area contributed by atoms with E-state index in [1.54, 1.807) is 6.92 Å². The number of carbonyl (C=O) groups is 2. The van der Waals surface area contributed by atoms with Crippen LogP contribution in [0.25, 0.3) is 0 Å². The second-order valence-corrected chi connectivity index (χ2v) is 8.64. The monoisotopic (exact) mass is 497 g/mol. The molecule has 1 atom stereocenters. The van der Waals surface area contributed by atoms with E-state index in [-0.39, 0.29) is 34.5 Å². The maximum Gasteiger partial charge on any atom is 0.180 e. The van der Waals surface area contributed by atoms with E-state index in [0.29, 0.717) is 23.6 Å². The van der Waals surface area contributed by atoms with Crippen LogP contribution in [0.3, 0.4) is 0 Å². The fourth-order valence-electron chi connectivity index (χ4n) is 4.32. The summed E-state index contributed by atoms with van der Waals surface area (Å²) in [6.45, 7) is 4.28. The molecule has 1 unspecified atom stereocenters. The van der Waals surface area contributed by atoms with Crippen LogP contribution in [-0.2, 0) is 19.4 Å². The summed E-state index contributed by atoms with van der Waals surface area (Å²) >= 11 is 6.09. The molecule has 0 N–H and O–H groups in total. The number of halogens is 2. The molecule has 5 heteroatoms. The third-order valence-corrected chi connectivity index (χ3v) is 6.10. The minimum Gasteiger partial charge on any atom is -1.00 e. The lowest BCUT2D eigenvalue weighted by Gasteiger charge is -2.24. The number of benzene rings is 2. The topological polar surface area (TPSA) is 38.0 Å². The van der Waals surface area contributed by atoms with Crippen molar-refractivity contribution in [2.45, 2.75) is 39.7 Å². The molecule has 1 aromatic heterocycles. The number of aromatic nitrogens is 1. The molecule has 0 fully saturated rings. The number of carbonyl (C=O) groups excluding carboxylic acids is 2. The van der Waals surface area contributed by atoms with Crippen molar-refractivity contribution in [3.05, 3.63) is 99.3 Å². The van der Waals surface area contributed by atoms with E-state index in [2.05, 4.69) is 13.0 Å². The normalized spacial score (nSPS) is 15.2. The Morgan fingerprint density at radius 2 is 1.97 bits per heavy atom. The quantitative estimate of drug-likeness (QED) is 0.399. The van der Waals surface area contributed by atoms with Crippen molar-refractivity contribution in [2.24, 2.45) is 5.92 Å². The van der Waals surface area contributed by atoms with Crippen LogP contribution in [0.2, 0.25) is 5.02 Å². The lowest BCUT2D eigenvalue weighted by Crippen LogP contribution is -3.00. The van der Waals surface area contributed by atoms with E-state index in [9.17, 15) is 9.59 Å². The summed E-state index contributed by atoms with van der Waals surface area (Å²) in [7, 11) is 0. The van der Waals surface area contributed by atoms with Gasteiger partial charge in [-0.15, -0.1) is 0 Å². The predicted octanol–water partition coefficient (Wildman–Crippen LogP) is 2.18. The maximum atomic E-state index is 13.1. The first-order valence-electron chi connectivity index (χ1n) is 10.3. The highest BCUT2D eigenvalue weighted by atomic mass is 79.9. The van der Waals surface area contributed by atoms with Gasteiger partial charge in [-0.1, -0.05) is 47.5 Å². The number of hydrogen-bond donors (Lipinski definition) is 0. The summed E-state index contributed by atoms with van der Waals surface area (Å²) in [6.07, 6.45) is 6.20. The van der Waals surface area contributed by atoms with Gasteiger partial charge in [0.25, 0.3) is 0 Å². The van der Waals surface area contributed by atoms with Crippen molar-refractivity contribution in [1.82, 2.24) is 0 Å². The van der Waals surface area contributed by atoms with Crippen LogP contribution in [0.1, 0.15) is 56.3 Å². The summed E-state index contributed by atoms with van der Waals surface area (Å²) in [5, 5.41) is 0.697. The molecule has 1 aliphatic rings. The van der Waals surface area contributed by atoms with Crippen LogP contribution in [0.5, 0.6) is 0 Å². The first-order chi connectivity index (χ1) is 14.4. The molecule has 3 aromatic rings. The van der Waals surface area contributed by atoms with Crippen LogP contribution in [0.4, 0.5) is 0 Å². The molecule has 0 radical (unpaired) electrons. The van der Waals surface area contributed by atoms with Crippen molar-refractivity contribution in [1.29, 1.82) is 0 Å². The smallest absolute Gasteiger partial charge is 0.180 e. The first kappa shape index (κ1) is 23.4. The largest absolute Gasteiger partial charge is 1.00 e. The summed E-state index contributed by atoms with van der Waals surface area (Å²) in [5.74, 6) is 0.133. The second-order valence-electron chi connectivity index (χ2n) is 8.21. The number of rotatable bonds is 5. The molecule has 31 heavy (non-hydrogen) atoms. The molecule has 4 rings (SSSR count). The van der Waals surface area contributed by atoms with Gasteiger partial charge in [-0.3, -0.25) is 9.59 Å². The molecule has 1 aliphatic carbocycles. The fraction of sp³-hybridized carbons (Fsp3) is 0.269.